The monoisotopic (exact) mass is 237 g/mol. The number of carbonyl (C=O) groups is 1. The number of hydrogen-bond donors (Lipinski definition) is 1. The lowest BCUT2D eigenvalue weighted by Crippen LogP contribution is -2.23. The molecule has 2 aromatic rings. The maximum Gasteiger partial charge on any atom is 0.235 e. The van der Waals surface area contributed by atoms with Crippen LogP contribution in [0.1, 0.15) is 5.56 Å². The van der Waals surface area contributed by atoms with Gasteiger partial charge in [0.05, 0.1) is 17.4 Å². The third kappa shape index (κ3) is 2.17. The van der Waals surface area contributed by atoms with Crippen molar-refractivity contribution in [3.63, 3.8) is 0 Å². The van der Waals surface area contributed by atoms with E-state index >= 15 is 0 Å². The number of nitrogens with zero attached hydrogens (tertiary/aromatic N) is 2. The highest BCUT2D eigenvalue weighted by Crippen LogP contribution is 2.13. The van der Waals surface area contributed by atoms with E-state index in [1.165, 1.54) is 0 Å². The molecule has 0 aliphatic heterocycles. The van der Waals surface area contributed by atoms with Gasteiger partial charge in [0.25, 0.3) is 0 Å². The van der Waals surface area contributed by atoms with Gasteiger partial charge in [-0.25, -0.2) is 4.98 Å². The third-order valence-electron chi connectivity index (χ3n) is 2.40. The molecule has 0 saturated heterocycles. The second kappa shape index (κ2) is 4.53. The van der Waals surface area contributed by atoms with Gasteiger partial charge in [-0.15, -0.1) is 11.6 Å². The van der Waals surface area contributed by atoms with Gasteiger partial charge in [-0.1, -0.05) is 6.07 Å². The molecule has 0 radical (unpaired) electrons. The number of alkyl halides is 1. The van der Waals surface area contributed by atoms with Crippen LogP contribution in [0.4, 0.5) is 0 Å². The van der Waals surface area contributed by atoms with Crippen LogP contribution in [0.15, 0.2) is 24.5 Å². The summed E-state index contributed by atoms with van der Waals surface area (Å²) in [7, 11) is 1.95. The Labute approximate surface area is 98.2 Å². The Morgan fingerprint density at radius 1 is 1.56 bits per heavy atom. The number of imidazole rings is 1. The van der Waals surface area contributed by atoms with Crippen molar-refractivity contribution < 1.29 is 4.79 Å². The maximum absolute atomic E-state index is 11.0. The SMILES string of the molecule is Cn1cnc2cc(CNC(=O)CCl)ccc21. The number of aromatic nitrogens is 2. The van der Waals surface area contributed by atoms with E-state index in [1.807, 2.05) is 29.8 Å². The van der Waals surface area contributed by atoms with Gasteiger partial charge >= 0.3 is 0 Å². The molecule has 1 heterocycles. The van der Waals surface area contributed by atoms with Crippen LogP contribution in [0.5, 0.6) is 0 Å². The fourth-order valence-corrected chi connectivity index (χ4v) is 1.63. The van der Waals surface area contributed by atoms with E-state index in [0.717, 1.165) is 16.6 Å². The largest absolute Gasteiger partial charge is 0.351 e. The van der Waals surface area contributed by atoms with Crippen LogP contribution >= 0.6 is 11.6 Å². The molecule has 84 valence electrons. The van der Waals surface area contributed by atoms with Gasteiger partial charge in [0.2, 0.25) is 5.91 Å². The van der Waals surface area contributed by atoms with E-state index in [9.17, 15) is 4.79 Å². The van der Waals surface area contributed by atoms with Gasteiger partial charge in [0.15, 0.2) is 0 Å². The van der Waals surface area contributed by atoms with Gasteiger partial charge in [-0.05, 0) is 17.7 Å². The van der Waals surface area contributed by atoms with Crippen LogP contribution in [-0.2, 0) is 18.4 Å². The summed E-state index contributed by atoms with van der Waals surface area (Å²) >= 11 is 5.39. The zero-order chi connectivity index (χ0) is 11.5. The lowest BCUT2D eigenvalue weighted by molar-refractivity contribution is -0.118. The first-order chi connectivity index (χ1) is 7.70. The van der Waals surface area contributed by atoms with Crippen molar-refractivity contribution in [1.29, 1.82) is 0 Å². The zero-order valence-corrected chi connectivity index (χ0v) is 9.66. The number of hydrogen-bond acceptors (Lipinski definition) is 2. The highest BCUT2D eigenvalue weighted by Gasteiger charge is 2.02. The van der Waals surface area contributed by atoms with Crippen molar-refractivity contribution in [3.05, 3.63) is 30.1 Å². The van der Waals surface area contributed by atoms with Gasteiger partial charge in [-0.2, -0.15) is 0 Å². The lowest BCUT2D eigenvalue weighted by Gasteiger charge is -2.03. The van der Waals surface area contributed by atoms with Crippen molar-refractivity contribution in [1.82, 2.24) is 14.9 Å². The summed E-state index contributed by atoms with van der Waals surface area (Å²) in [5.74, 6) is -0.172. The molecule has 1 amide bonds. The molecular formula is C11H12ClN3O. The number of rotatable bonds is 3. The smallest absolute Gasteiger partial charge is 0.235 e. The van der Waals surface area contributed by atoms with Crippen molar-refractivity contribution in [2.75, 3.05) is 5.88 Å². The Balaban J connectivity index is 2.17. The molecule has 4 nitrogen and oxygen atoms in total. The Hall–Kier alpha value is -1.55. The molecule has 16 heavy (non-hydrogen) atoms. The highest BCUT2D eigenvalue weighted by molar-refractivity contribution is 6.27. The first kappa shape index (κ1) is 11.0. The van der Waals surface area contributed by atoms with Crippen LogP contribution in [-0.4, -0.2) is 21.3 Å². The minimum atomic E-state index is -0.164. The number of nitrogens with one attached hydrogen (secondary N) is 1. The number of halogens is 1. The van der Waals surface area contributed by atoms with Gasteiger partial charge in [0.1, 0.15) is 5.88 Å². The summed E-state index contributed by atoms with van der Waals surface area (Å²) in [5.41, 5.74) is 3.03. The summed E-state index contributed by atoms with van der Waals surface area (Å²) in [6, 6.07) is 5.92. The van der Waals surface area contributed by atoms with Crippen LogP contribution < -0.4 is 5.32 Å². The summed E-state index contributed by atoms with van der Waals surface area (Å²) in [4.78, 5) is 15.2. The summed E-state index contributed by atoms with van der Waals surface area (Å²) in [6.07, 6.45) is 1.77. The molecule has 0 aliphatic carbocycles. The summed E-state index contributed by atoms with van der Waals surface area (Å²) in [5, 5.41) is 2.71. The van der Waals surface area contributed by atoms with Crippen LogP contribution in [0.2, 0.25) is 0 Å². The second-order valence-electron chi connectivity index (χ2n) is 3.59. The fourth-order valence-electron chi connectivity index (χ4n) is 1.54. The number of amides is 1. The lowest BCUT2D eigenvalue weighted by atomic mass is 10.2. The molecule has 5 heteroatoms. The zero-order valence-electron chi connectivity index (χ0n) is 8.90. The van der Waals surface area contributed by atoms with Crippen molar-refractivity contribution >= 4 is 28.5 Å². The van der Waals surface area contributed by atoms with E-state index < -0.39 is 0 Å². The standard InChI is InChI=1S/C11H12ClN3O/c1-15-7-14-9-4-8(2-3-10(9)15)6-13-11(16)5-12/h2-4,7H,5-6H2,1H3,(H,13,16). The normalized spacial score (nSPS) is 10.6. The Bertz CT molecular complexity index is 521. The minimum Gasteiger partial charge on any atom is -0.351 e. The van der Waals surface area contributed by atoms with Crippen molar-refractivity contribution in [2.24, 2.45) is 7.05 Å². The van der Waals surface area contributed by atoms with Crippen molar-refractivity contribution in [3.8, 4) is 0 Å². The van der Waals surface area contributed by atoms with Crippen molar-refractivity contribution in [2.45, 2.75) is 6.54 Å². The van der Waals surface area contributed by atoms with E-state index in [0.29, 0.717) is 6.54 Å². The molecule has 0 aliphatic rings. The molecular weight excluding hydrogens is 226 g/mol. The predicted octanol–water partition coefficient (Wildman–Crippen LogP) is 1.43. The minimum absolute atomic E-state index is 0.00810. The first-order valence-electron chi connectivity index (χ1n) is 4.93. The van der Waals surface area contributed by atoms with E-state index in [-0.39, 0.29) is 11.8 Å². The molecule has 1 N–H and O–H groups in total. The first-order valence-corrected chi connectivity index (χ1v) is 5.47. The Morgan fingerprint density at radius 2 is 2.38 bits per heavy atom. The van der Waals surface area contributed by atoms with Crippen LogP contribution in [0, 0.1) is 0 Å². The molecule has 0 saturated carbocycles. The molecule has 0 bridgehead atoms. The number of aryl methyl sites for hydroxylation is 1. The summed E-state index contributed by atoms with van der Waals surface area (Å²) in [6.45, 7) is 0.484. The molecule has 0 spiro atoms. The Morgan fingerprint density at radius 3 is 3.12 bits per heavy atom. The van der Waals surface area contributed by atoms with Gasteiger partial charge in [0, 0.05) is 13.6 Å². The highest BCUT2D eigenvalue weighted by atomic mass is 35.5. The average Bonchev–Trinajstić information content (AvgIpc) is 2.67. The third-order valence-corrected chi connectivity index (χ3v) is 2.64. The maximum atomic E-state index is 11.0. The molecule has 0 unspecified atom stereocenters. The molecule has 1 aromatic heterocycles. The van der Waals surface area contributed by atoms with Gasteiger partial charge in [-0.3, -0.25) is 4.79 Å². The number of benzene rings is 1. The topological polar surface area (TPSA) is 46.9 Å². The van der Waals surface area contributed by atoms with Gasteiger partial charge < -0.3 is 9.88 Å². The molecule has 0 atom stereocenters. The van der Waals surface area contributed by atoms with E-state index in [1.54, 1.807) is 6.33 Å². The fraction of sp³-hybridized carbons (Fsp3) is 0.273. The van der Waals surface area contributed by atoms with E-state index in [2.05, 4.69) is 10.3 Å². The number of carbonyl (C=O) groups excluding carboxylic acids is 1. The van der Waals surface area contributed by atoms with Crippen LogP contribution in [0.25, 0.3) is 11.0 Å². The van der Waals surface area contributed by atoms with Crippen LogP contribution in [0.3, 0.4) is 0 Å². The average molecular weight is 238 g/mol. The Kier molecular flexibility index (Phi) is 3.10. The molecule has 0 fully saturated rings. The quantitative estimate of drug-likeness (QED) is 0.821. The summed E-state index contributed by atoms with van der Waals surface area (Å²) < 4.78 is 1.95. The van der Waals surface area contributed by atoms with E-state index in [4.69, 9.17) is 11.6 Å². The number of fused-ring (bicyclic) bond motifs is 1. The second-order valence-corrected chi connectivity index (χ2v) is 3.86. The molecule has 1 aromatic carbocycles. The molecule has 2 rings (SSSR count). The predicted molar refractivity (Wildman–Crippen MR) is 63.3 cm³/mol.